The molecule has 0 radical (unpaired) electrons. The van der Waals surface area contributed by atoms with Gasteiger partial charge >= 0.3 is 0 Å². The molecule has 176 valence electrons. The van der Waals surface area contributed by atoms with Crippen molar-refractivity contribution in [3.05, 3.63) is 0 Å². The average Bonchev–Trinajstić information content (AvgIpc) is 2.72. The summed E-state index contributed by atoms with van der Waals surface area (Å²) in [7, 11) is 1.58. The Bertz CT molecular complexity index is 317. The maximum atomic E-state index is 6.29. The van der Waals surface area contributed by atoms with Gasteiger partial charge in [0.25, 0.3) is 0 Å². The molecule has 0 aliphatic rings. The van der Waals surface area contributed by atoms with Crippen molar-refractivity contribution in [2.24, 2.45) is 5.73 Å². The van der Waals surface area contributed by atoms with Crippen LogP contribution in [0.5, 0.6) is 0 Å². The average molecular weight is 456 g/mol. The van der Waals surface area contributed by atoms with Gasteiger partial charge < -0.3 is 29.4 Å². The summed E-state index contributed by atoms with van der Waals surface area (Å²) in [5.74, 6) is 0. The maximum absolute atomic E-state index is 6.29. The first kappa shape index (κ1) is 29.6. The fourth-order valence-corrected chi connectivity index (χ4v) is 5.61. The molecule has 0 aromatic heterocycles. The molecule has 0 aliphatic carbocycles. The van der Waals surface area contributed by atoms with E-state index in [1.54, 1.807) is 0 Å². The fourth-order valence-electron chi connectivity index (χ4n) is 3.00. The Morgan fingerprint density at radius 2 is 1.14 bits per heavy atom. The van der Waals surface area contributed by atoms with Gasteiger partial charge in [-0.3, -0.25) is 0 Å². The van der Waals surface area contributed by atoms with Crippen molar-refractivity contribution >= 4 is 17.2 Å². The van der Waals surface area contributed by atoms with Crippen molar-refractivity contribution in [3.63, 3.8) is 0 Å². The van der Waals surface area contributed by atoms with Crippen LogP contribution in [-0.4, -0.2) is 82.4 Å². The Balaban J connectivity index is 4.48. The van der Waals surface area contributed by atoms with Crippen LogP contribution in [0.15, 0.2) is 0 Å². The minimum atomic E-state index is -0.213. The van der Waals surface area contributed by atoms with E-state index in [1.165, 1.54) is 0 Å². The van der Waals surface area contributed by atoms with Crippen LogP contribution < -0.4 is 5.73 Å². The Hall–Kier alpha value is 0.620. The molecule has 8 heteroatoms. The zero-order valence-corrected chi connectivity index (χ0v) is 21.5. The summed E-state index contributed by atoms with van der Waals surface area (Å²) in [5, 5.41) is 0. The van der Waals surface area contributed by atoms with E-state index in [0.29, 0.717) is 33.0 Å². The Morgan fingerprint density at radius 3 is 1.45 bits per heavy atom. The van der Waals surface area contributed by atoms with Crippen LogP contribution in [0.4, 0.5) is 0 Å². The van der Waals surface area contributed by atoms with E-state index in [-0.39, 0.29) is 18.2 Å². The first-order valence-electron chi connectivity index (χ1n) is 11.3. The molecule has 0 bridgehead atoms. The Labute approximate surface area is 183 Å². The summed E-state index contributed by atoms with van der Waals surface area (Å²) >= 11 is 0. The van der Waals surface area contributed by atoms with E-state index in [4.69, 9.17) is 29.4 Å². The number of hydrogen-bond donors (Lipinski definition) is 1. The van der Waals surface area contributed by atoms with Crippen LogP contribution in [-0.2, 0) is 23.7 Å². The third-order valence-electron chi connectivity index (χ3n) is 4.53. The lowest BCUT2D eigenvalue weighted by molar-refractivity contribution is -0.120. The van der Waals surface area contributed by atoms with Crippen molar-refractivity contribution in [3.8, 4) is 0 Å². The zero-order chi connectivity index (χ0) is 21.8. The van der Waals surface area contributed by atoms with Gasteiger partial charge in [-0.05, 0) is 59.3 Å². The quantitative estimate of drug-likeness (QED) is 0.151. The minimum absolute atomic E-state index is 0.0808. The van der Waals surface area contributed by atoms with Gasteiger partial charge in [-0.15, -0.1) is 17.2 Å². The van der Waals surface area contributed by atoms with E-state index in [1.807, 2.05) is 27.7 Å². The van der Waals surface area contributed by atoms with Gasteiger partial charge in [-0.25, -0.2) is 0 Å². The van der Waals surface area contributed by atoms with E-state index in [2.05, 4.69) is 6.92 Å². The predicted octanol–water partition coefficient (Wildman–Crippen LogP) is 4.05. The molecule has 2 unspecified atom stereocenters. The summed E-state index contributed by atoms with van der Waals surface area (Å²) < 4.78 is 28.9. The highest BCUT2D eigenvalue weighted by atomic mass is 31.1. The number of ether oxygens (including phenoxy) is 5. The summed E-state index contributed by atoms with van der Waals surface area (Å²) in [6.07, 6.45) is 6.94. The molecule has 0 heterocycles. The smallest absolute Gasteiger partial charge is 0.161 e. The van der Waals surface area contributed by atoms with Gasteiger partial charge in [0.2, 0.25) is 0 Å². The molecule has 0 rings (SSSR count). The van der Waals surface area contributed by atoms with Crippen molar-refractivity contribution in [1.82, 2.24) is 0 Å². The monoisotopic (exact) mass is 455 g/mol. The molecule has 0 spiro atoms. The second kappa shape index (κ2) is 20.5. The van der Waals surface area contributed by atoms with Crippen LogP contribution in [0, 0.1) is 0 Å². The van der Waals surface area contributed by atoms with Crippen molar-refractivity contribution in [2.75, 3.05) is 64.2 Å². The van der Waals surface area contributed by atoms with E-state index in [0.717, 1.165) is 67.7 Å². The molecule has 0 aromatic rings. The van der Waals surface area contributed by atoms with Gasteiger partial charge in [0.05, 0.1) is 5.60 Å². The van der Waals surface area contributed by atoms with E-state index < -0.39 is 0 Å². The molecule has 2 N–H and O–H groups in total. The summed E-state index contributed by atoms with van der Waals surface area (Å²) in [6, 6.07) is 0. The topological polar surface area (TPSA) is 72.2 Å². The standard InChI is InChI=1S/C21H47NO5P2/c1-6-13-27-21(18-22,11-14-28-16-19(23-7-2)24-8-3)12-15-29-17-20(25-9-4)26-10-5/h19-20,28-29H,6-18,22H2,1-5H3. The van der Waals surface area contributed by atoms with Crippen LogP contribution in [0.2, 0.25) is 0 Å². The van der Waals surface area contributed by atoms with E-state index >= 15 is 0 Å². The molecule has 29 heavy (non-hydrogen) atoms. The number of hydrogen-bond acceptors (Lipinski definition) is 6. The lowest BCUT2D eigenvalue weighted by Gasteiger charge is -2.33. The summed E-state index contributed by atoms with van der Waals surface area (Å²) in [4.78, 5) is 0. The molecule has 0 aromatic carbocycles. The maximum Gasteiger partial charge on any atom is 0.161 e. The SMILES string of the molecule is CCCOC(CN)(CCPCC(OCC)OCC)CCPCC(OCC)OCC. The predicted molar refractivity (Wildman–Crippen MR) is 127 cm³/mol. The lowest BCUT2D eigenvalue weighted by atomic mass is 9.97. The van der Waals surface area contributed by atoms with Gasteiger partial charge in [0, 0.05) is 51.9 Å². The Kier molecular flexibility index (Phi) is 21.0. The number of rotatable bonds is 22. The molecule has 2 atom stereocenters. The van der Waals surface area contributed by atoms with Gasteiger partial charge in [-0.1, -0.05) is 6.92 Å². The highest BCUT2D eigenvalue weighted by Gasteiger charge is 2.28. The molecular weight excluding hydrogens is 408 g/mol. The third kappa shape index (κ3) is 15.1. The third-order valence-corrected chi connectivity index (χ3v) is 6.98. The first-order chi connectivity index (χ1) is 14.1. The zero-order valence-electron chi connectivity index (χ0n) is 19.5. The highest BCUT2D eigenvalue weighted by Crippen LogP contribution is 2.29. The number of nitrogens with two attached hydrogens (primary N) is 1. The molecule has 0 saturated carbocycles. The summed E-state index contributed by atoms with van der Waals surface area (Å²) in [6.45, 7) is 14.3. The van der Waals surface area contributed by atoms with Crippen LogP contribution in [0.3, 0.4) is 0 Å². The van der Waals surface area contributed by atoms with Crippen molar-refractivity contribution in [2.45, 2.75) is 72.1 Å². The molecular formula is C21H47NO5P2. The van der Waals surface area contributed by atoms with Crippen molar-refractivity contribution < 1.29 is 23.7 Å². The molecule has 6 nitrogen and oxygen atoms in total. The second-order valence-electron chi connectivity index (χ2n) is 6.82. The molecule has 0 saturated heterocycles. The van der Waals surface area contributed by atoms with Crippen LogP contribution in [0.1, 0.15) is 53.9 Å². The van der Waals surface area contributed by atoms with Gasteiger partial charge in [-0.2, -0.15) is 0 Å². The second-order valence-corrected chi connectivity index (χ2v) is 9.64. The largest absolute Gasteiger partial charge is 0.374 e. The minimum Gasteiger partial charge on any atom is -0.374 e. The van der Waals surface area contributed by atoms with Gasteiger partial charge in [0.1, 0.15) is 0 Å². The van der Waals surface area contributed by atoms with E-state index in [9.17, 15) is 0 Å². The summed E-state index contributed by atoms with van der Waals surface area (Å²) in [5.41, 5.74) is 5.99. The van der Waals surface area contributed by atoms with Gasteiger partial charge in [0.15, 0.2) is 12.6 Å². The molecule has 0 aliphatic heterocycles. The molecule has 0 amide bonds. The first-order valence-corrected chi connectivity index (χ1v) is 14.2. The van der Waals surface area contributed by atoms with Crippen LogP contribution >= 0.6 is 17.2 Å². The fraction of sp³-hybridized carbons (Fsp3) is 1.00. The van der Waals surface area contributed by atoms with Crippen molar-refractivity contribution in [1.29, 1.82) is 0 Å². The Morgan fingerprint density at radius 1 is 0.724 bits per heavy atom. The lowest BCUT2D eigenvalue weighted by Crippen LogP contribution is -2.42. The molecule has 0 fully saturated rings. The van der Waals surface area contributed by atoms with Crippen LogP contribution in [0.25, 0.3) is 0 Å². The highest BCUT2D eigenvalue weighted by molar-refractivity contribution is 7.38. The normalized spacial score (nSPS) is 14.9.